The average Bonchev–Trinajstić information content (AvgIpc) is 2.62. The highest BCUT2D eigenvalue weighted by molar-refractivity contribution is 7.99. The van der Waals surface area contributed by atoms with Crippen molar-refractivity contribution in [2.75, 3.05) is 18.1 Å². The molecule has 0 aliphatic heterocycles. The van der Waals surface area contributed by atoms with Crippen LogP contribution in [0.5, 0.6) is 0 Å². The van der Waals surface area contributed by atoms with Crippen molar-refractivity contribution in [1.82, 2.24) is 5.32 Å². The number of amides is 1. The van der Waals surface area contributed by atoms with Crippen LogP contribution in [-0.4, -0.2) is 46.4 Å². The Labute approximate surface area is 153 Å². The fourth-order valence-corrected chi connectivity index (χ4v) is 3.15. The Balaban J connectivity index is 2.18. The van der Waals surface area contributed by atoms with Crippen LogP contribution in [0.4, 0.5) is 4.79 Å². The van der Waals surface area contributed by atoms with Gasteiger partial charge in [0, 0.05) is 6.61 Å². The van der Waals surface area contributed by atoms with Crippen LogP contribution >= 0.6 is 11.8 Å². The van der Waals surface area contributed by atoms with Gasteiger partial charge in [0.05, 0.1) is 0 Å². The van der Waals surface area contributed by atoms with Crippen molar-refractivity contribution in [2.24, 2.45) is 0 Å². The Morgan fingerprint density at radius 3 is 2.48 bits per heavy atom. The first-order valence-electron chi connectivity index (χ1n) is 8.52. The molecule has 0 saturated carbocycles. The quantitative estimate of drug-likeness (QED) is 0.463. The number of carboxylic acid groups (broad SMARTS) is 1. The third-order valence-corrected chi connectivity index (χ3v) is 4.65. The Hall–Kier alpha value is -1.73. The summed E-state index contributed by atoms with van der Waals surface area (Å²) < 4.78 is 5.05. The van der Waals surface area contributed by atoms with Gasteiger partial charge in [-0.25, -0.2) is 9.59 Å². The van der Waals surface area contributed by atoms with Gasteiger partial charge in [0.2, 0.25) is 0 Å². The van der Waals surface area contributed by atoms with Crippen molar-refractivity contribution in [3.63, 3.8) is 0 Å². The smallest absolute Gasteiger partial charge is 0.408 e. The number of rotatable bonds is 13. The molecule has 1 rings (SSSR count). The van der Waals surface area contributed by atoms with E-state index in [4.69, 9.17) is 9.84 Å². The number of benzene rings is 1. The molecule has 1 atom stereocenters. The van der Waals surface area contributed by atoms with Crippen LogP contribution in [-0.2, 0) is 16.1 Å². The largest absolute Gasteiger partial charge is 0.480 e. The van der Waals surface area contributed by atoms with E-state index in [-0.39, 0.29) is 13.2 Å². The molecular formula is C18H27NO5S. The van der Waals surface area contributed by atoms with E-state index in [0.29, 0.717) is 12.2 Å². The maximum absolute atomic E-state index is 11.7. The van der Waals surface area contributed by atoms with Crippen molar-refractivity contribution in [1.29, 1.82) is 0 Å². The number of aliphatic hydroxyl groups is 1. The SMILES string of the molecule is O=C(NC(CCSCCCCCCO)C(=O)O)OCc1ccccc1. The number of carboxylic acids is 1. The number of ether oxygens (including phenoxy) is 1. The molecule has 0 bridgehead atoms. The molecule has 1 aromatic carbocycles. The van der Waals surface area contributed by atoms with Gasteiger partial charge in [-0.3, -0.25) is 0 Å². The molecule has 7 heteroatoms. The summed E-state index contributed by atoms with van der Waals surface area (Å²) >= 11 is 1.68. The lowest BCUT2D eigenvalue weighted by molar-refractivity contribution is -0.139. The van der Waals surface area contributed by atoms with Gasteiger partial charge >= 0.3 is 12.1 Å². The number of aliphatic hydroxyl groups excluding tert-OH is 1. The summed E-state index contributed by atoms with van der Waals surface area (Å²) in [6, 6.07) is 8.28. The molecule has 0 radical (unpaired) electrons. The minimum absolute atomic E-state index is 0.113. The number of hydrogen-bond acceptors (Lipinski definition) is 5. The molecule has 1 amide bonds. The van der Waals surface area contributed by atoms with Crippen molar-refractivity contribution in [2.45, 2.75) is 44.8 Å². The van der Waals surface area contributed by atoms with E-state index in [1.54, 1.807) is 11.8 Å². The standard InChI is InChI=1S/C18H27NO5S/c20-11-6-1-2-7-12-25-13-10-16(17(21)22)19-18(23)24-14-15-8-4-3-5-9-15/h3-5,8-9,16,20H,1-2,6-7,10-14H2,(H,19,23)(H,21,22). The van der Waals surface area contributed by atoms with Gasteiger partial charge in [-0.1, -0.05) is 43.2 Å². The summed E-state index contributed by atoms with van der Waals surface area (Å²) in [5.74, 6) is 0.562. The maximum atomic E-state index is 11.7. The van der Waals surface area contributed by atoms with Crippen molar-refractivity contribution in [3.05, 3.63) is 35.9 Å². The zero-order chi connectivity index (χ0) is 18.3. The van der Waals surface area contributed by atoms with Gasteiger partial charge in [-0.05, 0) is 36.3 Å². The maximum Gasteiger partial charge on any atom is 0.408 e. The monoisotopic (exact) mass is 369 g/mol. The van der Waals surface area contributed by atoms with Crippen molar-refractivity contribution >= 4 is 23.8 Å². The first-order chi connectivity index (χ1) is 12.1. The number of hydrogen-bond donors (Lipinski definition) is 3. The summed E-state index contributed by atoms with van der Waals surface area (Å²) in [6.45, 7) is 0.348. The summed E-state index contributed by atoms with van der Waals surface area (Å²) in [4.78, 5) is 23.0. The second-order valence-corrected chi connectivity index (χ2v) is 6.86. The molecule has 1 aromatic rings. The third-order valence-electron chi connectivity index (χ3n) is 3.55. The summed E-state index contributed by atoms with van der Waals surface area (Å²) in [5, 5.41) is 20.3. The fraction of sp³-hybridized carbons (Fsp3) is 0.556. The Morgan fingerprint density at radius 1 is 1.08 bits per heavy atom. The lowest BCUT2D eigenvalue weighted by Crippen LogP contribution is -2.41. The molecule has 0 aromatic heterocycles. The third kappa shape index (κ3) is 10.7. The van der Waals surface area contributed by atoms with E-state index < -0.39 is 18.1 Å². The fourth-order valence-electron chi connectivity index (χ4n) is 2.14. The molecule has 0 fully saturated rings. The minimum atomic E-state index is -1.06. The Kier molecular flexibility index (Phi) is 11.6. The van der Waals surface area contributed by atoms with E-state index in [1.807, 2.05) is 30.3 Å². The van der Waals surface area contributed by atoms with Gasteiger partial charge in [0.25, 0.3) is 0 Å². The number of alkyl carbamates (subject to hydrolysis) is 1. The summed E-state index contributed by atoms with van der Waals surface area (Å²) in [5.41, 5.74) is 0.848. The highest BCUT2D eigenvalue weighted by atomic mass is 32.2. The first-order valence-corrected chi connectivity index (χ1v) is 9.67. The van der Waals surface area contributed by atoms with Gasteiger partial charge in [0.1, 0.15) is 12.6 Å². The minimum Gasteiger partial charge on any atom is -0.480 e. The summed E-state index contributed by atoms with van der Waals surface area (Å²) in [7, 11) is 0. The average molecular weight is 369 g/mol. The predicted molar refractivity (Wildman–Crippen MR) is 98.7 cm³/mol. The molecule has 0 spiro atoms. The van der Waals surface area contributed by atoms with E-state index in [9.17, 15) is 14.7 Å². The Bertz CT molecular complexity index is 497. The number of aliphatic carboxylic acids is 1. The Morgan fingerprint density at radius 2 is 1.80 bits per heavy atom. The molecule has 25 heavy (non-hydrogen) atoms. The molecule has 3 N–H and O–H groups in total. The molecule has 0 aliphatic carbocycles. The van der Waals surface area contributed by atoms with Gasteiger partial charge < -0.3 is 20.3 Å². The summed E-state index contributed by atoms with van der Waals surface area (Å²) in [6.07, 6.45) is 3.61. The van der Waals surface area contributed by atoms with Crippen molar-refractivity contribution in [3.8, 4) is 0 Å². The lowest BCUT2D eigenvalue weighted by Gasteiger charge is -2.14. The lowest BCUT2D eigenvalue weighted by atomic mass is 10.2. The second kappa shape index (κ2) is 13.5. The second-order valence-electron chi connectivity index (χ2n) is 5.64. The van der Waals surface area contributed by atoms with Crippen molar-refractivity contribution < 1.29 is 24.5 Å². The molecular weight excluding hydrogens is 342 g/mol. The molecule has 140 valence electrons. The number of thioether (sulfide) groups is 1. The van der Waals surface area contributed by atoms with Crippen LogP contribution in [0.25, 0.3) is 0 Å². The van der Waals surface area contributed by atoms with Crippen LogP contribution in [0.15, 0.2) is 30.3 Å². The molecule has 0 heterocycles. The molecule has 0 aliphatic rings. The first kappa shape index (κ1) is 21.3. The van der Waals surface area contributed by atoms with E-state index in [0.717, 1.165) is 37.0 Å². The number of nitrogens with one attached hydrogen (secondary N) is 1. The molecule has 1 unspecified atom stereocenters. The molecule has 0 saturated heterocycles. The number of carbonyl (C=O) groups is 2. The number of unbranched alkanes of at least 4 members (excludes halogenated alkanes) is 3. The molecule has 6 nitrogen and oxygen atoms in total. The van der Waals surface area contributed by atoms with E-state index in [1.165, 1.54) is 0 Å². The predicted octanol–water partition coefficient (Wildman–Crippen LogP) is 3.04. The van der Waals surface area contributed by atoms with Crippen LogP contribution in [0, 0.1) is 0 Å². The van der Waals surface area contributed by atoms with Gasteiger partial charge in [-0.2, -0.15) is 11.8 Å². The van der Waals surface area contributed by atoms with Gasteiger partial charge in [-0.15, -0.1) is 0 Å². The van der Waals surface area contributed by atoms with E-state index in [2.05, 4.69) is 5.32 Å². The normalized spacial score (nSPS) is 11.7. The van der Waals surface area contributed by atoms with Crippen LogP contribution in [0.2, 0.25) is 0 Å². The highest BCUT2D eigenvalue weighted by Crippen LogP contribution is 2.10. The highest BCUT2D eigenvalue weighted by Gasteiger charge is 2.20. The van der Waals surface area contributed by atoms with Gasteiger partial charge in [0.15, 0.2) is 0 Å². The zero-order valence-corrected chi connectivity index (χ0v) is 15.2. The van der Waals surface area contributed by atoms with Crippen LogP contribution in [0.3, 0.4) is 0 Å². The van der Waals surface area contributed by atoms with E-state index >= 15 is 0 Å². The topological polar surface area (TPSA) is 95.9 Å². The van der Waals surface area contributed by atoms with Crippen LogP contribution in [0.1, 0.15) is 37.7 Å². The zero-order valence-electron chi connectivity index (χ0n) is 14.4. The van der Waals surface area contributed by atoms with Crippen LogP contribution < -0.4 is 5.32 Å². The number of carbonyl (C=O) groups excluding carboxylic acids is 1.